The Morgan fingerprint density at radius 1 is 1.47 bits per heavy atom. The standard InChI is InChI=1S/C12H15FN2O4/c1-7(2)3-11(12(16)17)14-9-4-8(13)5-10(6-9)15(18)19/h4-7,11,14H,3H2,1-2H3,(H,16,17). The number of carbonyl (C=O) groups is 1. The van der Waals surface area contributed by atoms with E-state index < -0.39 is 28.4 Å². The van der Waals surface area contributed by atoms with Crippen LogP contribution in [0.15, 0.2) is 18.2 Å². The molecule has 1 unspecified atom stereocenters. The average Bonchev–Trinajstić information content (AvgIpc) is 2.26. The van der Waals surface area contributed by atoms with Gasteiger partial charge in [0.1, 0.15) is 11.9 Å². The third-order valence-electron chi connectivity index (χ3n) is 2.44. The fourth-order valence-corrected chi connectivity index (χ4v) is 1.66. The summed E-state index contributed by atoms with van der Waals surface area (Å²) < 4.78 is 13.2. The first-order valence-electron chi connectivity index (χ1n) is 5.74. The fraction of sp³-hybridized carbons (Fsp3) is 0.417. The number of hydrogen-bond donors (Lipinski definition) is 2. The number of aliphatic carboxylic acids is 1. The minimum Gasteiger partial charge on any atom is -0.480 e. The second kappa shape index (κ2) is 6.12. The molecule has 0 saturated heterocycles. The number of non-ortho nitro benzene ring substituents is 1. The van der Waals surface area contributed by atoms with Gasteiger partial charge in [0.05, 0.1) is 11.0 Å². The Bertz CT molecular complexity index is 491. The summed E-state index contributed by atoms with van der Waals surface area (Å²) >= 11 is 0. The zero-order valence-corrected chi connectivity index (χ0v) is 10.6. The van der Waals surface area contributed by atoms with Gasteiger partial charge in [0.25, 0.3) is 5.69 Å². The summed E-state index contributed by atoms with van der Waals surface area (Å²) in [6.45, 7) is 3.71. The molecule has 2 N–H and O–H groups in total. The number of carboxylic acid groups (broad SMARTS) is 1. The maximum atomic E-state index is 13.2. The number of rotatable bonds is 6. The van der Waals surface area contributed by atoms with E-state index >= 15 is 0 Å². The molecule has 0 bridgehead atoms. The minimum absolute atomic E-state index is 0.0831. The van der Waals surface area contributed by atoms with Crippen LogP contribution in [0.3, 0.4) is 0 Å². The molecule has 1 aromatic rings. The number of halogens is 1. The van der Waals surface area contributed by atoms with Crippen molar-refractivity contribution in [3.8, 4) is 0 Å². The highest BCUT2D eigenvalue weighted by molar-refractivity contribution is 5.77. The molecule has 0 aliphatic rings. The molecule has 0 fully saturated rings. The Morgan fingerprint density at radius 3 is 2.58 bits per heavy atom. The van der Waals surface area contributed by atoms with E-state index in [0.29, 0.717) is 6.42 Å². The molecule has 0 aliphatic heterocycles. The van der Waals surface area contributed by atoms with Gasteiger partial charge in [0, 0.05) is 11.8 Å². The van der Waals surface area contributed by atoms with Gasteiger partial charge in [-0.05, 0) is 18.4 Å². The number of nitrogens with zero attached hydrogens (tertiary/aromatic N) is 1. The summed E-state index contributed by atoms with van der Waals surface area (Å²) in [5.74, 6) is -1.75. The molecule has 0 saturated carbocycles. The van der Waals surface area contributed by atoms with Crippen molar-refractivity contribution >= 4 is 17.3 Å². The van der Waals surface area contributed by atoms with Crippen molar-refractivity contribution in [1.82, 2.24) is 0 Å². The lowest BCUT2D eigenvalue weighted by molar-refractivity contribution is -0.385. The minimum atomic E-state index is -1.08. The van der Waals surface area contributed by atoms with Crippen molar-refractivity contribution in [3.63, 3.8) is 0 Å². The van der Waals surface area contributed by atoms with Gasteiger partial charge in [-0.25, -0.2) is 9.18 Å². The zero-order valence-electron chi connectivity index (χ0n) is 10.6. The van der Waals surface area contributed by atoms with Gasteiger partial charge in [0.2, 0.25) is 0 Å². The van der Waals surface area contributed by atoms with Crippen LogP contribution in [-0.4, -0.2) is 22.0 Å². The lowest BCUT2D eigenvalue weighted by Crippen LogP contribution is -2.30. The third-order valence-corrected chi connectivity index (χ3v) is 2.44. The normalized spacial score (nSPS) is 12.2. The number of carboxylic acids is 1. The molecule has 0 aromatic heterocycles. The van der Waals surface area contributed by atoms with E-state index in [2.05, 4.69) is 5.32 Å². The number of anilines is 1. The molecule has 0 radical (unpaired) electrons. The average molecular weight is 270 g/mol. The van der Waals surface area contributed by atoms with Crippen LogP contribution in [0.2, 0.25) is 0 Å². The molecule has 104 valence electrons. The predicted octanol–water partition coefficient (Wildman–Crippen LogP) is 2.65. The molecular weight excluding hydrogens is 255 g/mol. The van der Waals surface area contributed by atoms with E-state index in [1.165, 1.54) is 0 Å². The number of hydrogen-bond acceptors (Lipinski definition) is 4. The van der Waals surface area contributed by atoms with Crippen LogP contribution in [-0.2, 0) is 4.79 Å². The molecule has 1 rings (SSSR count). The molecule has 1 atom stereocenters. The highest BCUT2D eigenvalue weighted by atomic mass is 19.1. The van der Waals surface area contributed by atoms with Crippen LogP contribution in [0.4, 0.5) is 15.8 Å². The van der Waals surface area contributed by atoms with Crippen molar-refractivity contribution in [3.05, 3.63) is 34.1 Å². The van der Waals surface area contributed by atoms with Crippen molar-refractivity contribution in [1.29, 1.82) is 0 Å². The molecule has 0 amide bonds. The quantitative estimate of drug-likeness (QED) is 0.612. The first kappa shape index (κ1) is 14.9. The molecule has 7 heteroatoms. The first-order chi connectivity index (χ1) is 8.79. The Morgan fingerprint density at radius 2 is 2.11 bits per heavy atom. The van der Waals surface area contributed by atoms with E-state index in [0.717, 1.165) is 18.2 Å². The number of benzene rings is 1. The number of nitrogens with one attached hydrogen (secondary N) is 1. The predicted molar refractivity (Wildman–Crippen MR) is 67.6 cm³/mol. The van der Waals surface area contributed by atoms with Gasteiger partial charge >= 0.3 is 5.97 Å². The van der Waals surface area contributed by atoms with Crippen LogP contribution < -0.4 is 5.32 Å². The van der Waals surface area contributed by atoms with Gasteiger partial charge in [-0.3, -0.25) is 10.1 Å². The third kappa shape index (κ3) is 4.53. The van der Waals surface area contributed by atoms with Crippen LogP contribution in [0, 0.1) is 21.8 Å². The Hall–Kier alpha value is -2.18. The van der Waals surface area contributed by atoms with E-state index in [1.807, 2.05) is 13.8 Å². The summed E-state index contributed by atoms with van der Waals surface area (Å²) in [5, 5.41) is 22.2. The van der Waals surface area contributed by atoms with Gasteiger partial charge in [-0.2, -0.15) is 0 Å². The molecule has 0 aliphatic carbocycles. The van der Waals surface area contributed by atoms with Crippen LogP contribution in [0.25, 0.3) is 0 Å². The molecule has 0 spiro atoms. The van der Waals surface area contributed by atoms with Gasteiger partial charge in [-0.15, -0.1) is 0 Å². The largest absolute Gasteiger partial charge is 0.480 e. The second-order valence-electron chi connectivity index (χ2n) is 4.62. The van der Waals surface area contributed by atoms with Crippen molar-refractivity contribution in [2.24, 2.45) is 5.92 Å². The summed E-state index contributed by atoms with van der Waals surface area (Å²) in [4.78, 5) is 20.9. The van der Waals surface area contributed by atoms with E-state index in [-0.39, 0.29) is 11.6 Å². The van der Waals surface area contributed by atoms with Crippen molar-refractivity contribution in [2.45, 2.75) is 26.3 Å². The Kier molecular flexibility index (Phi) is 4.80. The summed E-state index contributed by atoms with van der Waals surface area (Å²) in [6.07, 6.45) is 0.333. The second-order valence-corrected chi connectivity index (χ2v) is 4.62. The number of nitro benzene ring substituents is 1. The Balaban J connectivity index is 2.96. The summed E-state index contributed by atoms with van der Waals surface area (Å²) in [6, 6.07) is 2.01. The first-order valence-corrected chi connectivity index (χ1v) is 5.74. The van der Waals surface area contributed by atoms with E-state index in [4.69, 9.17) is 5.11 Å². The molecule has 1 aromatic carbocycles. The molecule has 0 heterocycles. The molecule has 6 nitrogen and oxygen atoms in total. The fourth-order valence-electron chi connectivity index (χ4n) is 1.66. The van der Waals surface area contributed by atoms with Crippen LogP contribution in [0.5, 0.6) is 0 Å². The highest BCUT2D eigenvalue weighted by Gasteiger charge is 2.20. The van der Waals surface area contributed by atoms with Crippen LogP contribution in [0.1, 0.15) is 20.3 Å². The topological polar surface area (TPSA) is 92.5 Å². The SMILES string of the molecule is CC(C)CC(Nc1cc(F)cc([N+](=O)[O-])c1)C(=O)O. The maximum Gasteiger partial charge on any atom is 0.326 e. The smallest absolute Gasteiger partial charge is 0.326 e. The lowest BCUT2D eigenvalue weighted by atomic mass is 10.0. The van der Waals surface area contributed by atoms with Crippen LogP contribution >= 0.6 is 0 Å². The van der Waals surface area contributed by atoms with Crippen molar-refractivity contribution < 1.29 is 19.2 Å². The van der Waals surface area contributed by atoms with Gasteiger partial charge in [-0.1, -0.05) is 13.8 Å². The zero-order chi connectivity index (χ0) is 14.6. The number of nitro groups is 1. The van der Waals surface area contributed by atoms with E-state index in [1.54, 1.807) is 0 Å². The molecule has 19 heavy (non-hydrogen) atoms. The summed E-state index contributed by atoms with van der Waals surface area (Å²) in [5.41, 5.74) is -0.337. The van der Waals surface area contributed by atoms with Gasteiger partial charge in [0.15, 0.2) is 0 Å². The molecular formula is C12H15FN2O4. The van der Waals surface area contributed by atoms with E-state index in [9.17, 15) is 19.3 Å². The van der Waals surface area contributed by atoms with Gasteiger partial charge < -0.3 is 10.4 Å². The highest BCUT2D eigenvalue weighted by Crippen LogP contribution is 2.21. The maximum absolute atomic E-state index is 13.2. The monoisotopic (exact) mass is 270 g/mol. The Labute approximate surface area is 109 Å². The summed E-state index contributed by atoms with van der Waals surface area (Å²) in [7, 11) is 0. The van der Waals surface area contributed by atoms with Crippen molar-refractivity contribution in [2.75, 3.05) is 5.32 Å². The lowest BCUT2D eigenvalue weighted by Gasteiger charge is -2.17.